The summed E-state index contributed by atoms with van der Waals surface area (Å²) in [5, 5.41) is 2.39. The van der Waals surface area contributed by atoms with Crippen molar-refractivity contribution in [3.8, 4) is 21.7 Å². The molecule has 0 saturated heterocycles. The van der Waals surface area contributed by atoms with Crippen LogP contribution in [0.5, 0.6) is 0 Å². The first kappa shape index (κ1) is 19.7. The van der Waals surface area contributed by atoms with E-state index in [9.17, 15) is 9.59 Å². The monoisotopic (exact) mass is 413 g/mol. The Morgan fingerprint density at radius 3 is 2.17 bits per heavy atom. The van der Waals surface area contributed by atoms with E-state index >= 15 is 0 Å². The van der Waals surface area contributed by atoms with E-state index in [-0.39, 0.29) is 18.1 Å². The minimum Gasteiger partial charge on any atom is -0.453 e. The second kappa shape index (κ2) is 8.84. The number of hydrogen-bond donors (Lipinski definition) is 0. The summed E-state index contributed by atoms with van der Waals surface area (Å²) >= 11 is 1.37. The number of rotatable bonds is 6. The zero-order valence-electron chi connectivity index (χ0n) is 16.4. The van der Waals surface area contributed by atoms with E-state index in [0.717, 1.165) is 27.3 Å². The highest BCUT2D eigenvalue weighted by Gasteiger charge is 2.16. The number of ether oxygens (including phenoxy) is 1. The van der Waals surface area contributed by atoms with E-state index in [0.29, 0.717) is 5.56 Å². The molecule has 0 N–H and O–H groups in total. The fraction of sp³-hybridized carbons (Fsp3) is 0.0800. The number of benzene rings is 3. The van der Waals surface area contributed by atoms with Crippen LogP contribution in [0.1, 0.15) is 26.4 Å². The molecule has 1 heterocycles. The van der Waals surface area contributed by atoms with Gasteiger partial charge in [-0.1, -0.05) is 84.4 Å². The molecule has 0 unspecified atom stereocenters. The fourth-order valence-electron chi connectivity index (χ4n) is 2.96. The van der Waals surface area contributed by atoms with Gasteiger partial charge >= 0.3 is 5.97 Å². The first-order chi connectivity index (χ1) is 14.6. The molecule has 0 aliphatic heterocycles. The maximum absolute atomic E-state index is 12.4. The molecule has 0 radical (unpaired) electrons. The Morgan fingerprint density at radius 2 is 1.47 bits per heavy atom. The summed E-state index contributed by atoms with van der Waals surface area (Å²) in [7, 11) is 0. The maximum atomic E-state index is 12.4. The Labute approximate surface area is 178 Å². The molecule has 4 nitrogen and oxygen atoms in total. The maximum Gasteiger partial charge on any atom is 0.358 e. The van der Waals surface area contributed by atoms with Crippen LogP contribution in [0, 0.1) is 6.92 Å². The smallest absolute Gasteiger partial charge is 0.358 e. The van der Waals surface area contributed by atoms with Gasteiger partial charge in [0.15, 0.2) is 18.1 Å². The number of hydrogen-bond acceptors (Lipinski definition) is 5. The summed E-state index contributed by atoms with van der Waals surface area (Å²) in [6.45, 7) is 1.70. The van der Waals surface area contributed by atoms with E-state index in [1.165, 1.54) is 11.3 Å². The molecule has 0 amide bonds. The lowest BCUT2D eigenvalue weighted by Crippen LogP contribution is -2.14. The average molecular weight is 413 g/mol. The summed E-state index contributed by atoms with van der Waals surface area (Å²) in [5.74, 6) is -0.851. The first-order valence-corrected chi connectivity index (χ1v) is 10.4. The quantitative estimate of drug-likeness (QED) is 0.295. The van der Waals surface area contributed by atoms with Crippen molar-refractivity contribution in [2.24, 2.45) is 0 Å². The van der Waals surface area contributed by atoms with Crippen molar-refractivity contribution in [3.63, 3.8) is 0 Å². The van der Waals surface area contributed by atoms with E-state index in [2.05, 4.69) is 4.98 Å². The average Bonchev–Trinajstić information content (AvgIpc) is 3.29. The number of ketones is 1. The van der Waals surface area contributed by atoms with Crippen molar-refractivity contribution >= 4 is 23.1 Å². The molecule has 0 aliphatic carbocycles. The van der Waals surface area contributed by atoms with Crippen molar-refractivity contribution in [2.75, 3.05) is 6.61 Å². The minimum atomic E-state index is -0.598. The van der Waals surface area contributed by atoms with Crippen LogP contribution in [0.25, 0.3) is 21.7 Å². The third-order valence-corrected chi connectivity index (χ3v) is 5.55. The van der Waals surface area contributed by atoms with Gasteiger partial charge in [0.2, 0.25) is 0 Å². The summed E-state index contributed by atoms with van der Waals surface area (Å²) < 4.78 is 5.18. The Morgan fingerprint density at radius 1 is 0.833 bits per heavy atom. The SMILES string of the molecule is Cc1ccc(-c2nc(C(=O)OCC(=O)c3ccc(-c4ccccc4)cc3)cs2)cc1. The molecule has 0 spiro atoms. The zero-order chi connectivity index (χ0) is 20.9. The number of aryl methyl sites for hydroxylation is 1. The summed E-state index contributed by atoms with van der Waals surface area (Å²) in [5.41, 5.74) is 4.92. The summed E-state index contributed by atoms with van der Waals surface area (Å²) in [6.07, 6.45) is 0. The highest BCUT2D eigenvalue weighted by Crippen LogP contribution is 2.24. The molecule has 4 rings (SSSR count). The van der Waals surface area contributed by atoms with Crippen LogP contribution in [0.3, 0.4) is 0 Å². The number of thiazole rings is 1. The molecule has 3 aromatic carbocycles. The molecule has 30 heavy (non-hydrogen) atoms. The second-order valence-electron chi connectivity index (χ2n) is 6.85. The summed E-state index contributed by atoms with van der Waals surface area (Å²) in [6, 6.07) is 25.1. The standard InChI is InChI=1S/C25H19NO3S/c1-17-7-9-21(10-8-17)24-26-22(16-30-24)25(28)29-15-23(27)20-13-11-19(12-14-20)18-5-3-2-4-6-18/h2-14,16H,15H2,1H3. The number of carbonyl (C=O) groups is 2. The predicted molar refractivity (Wildman–Crippen MR) is 119 cm³/mol. The Kier molecular flexibility index (Phi) is 5.82. The van der Waals surface area contributed by atoms with Crippen LogP contribution < -0.4 is 0 Å². The molecule has 148 valence electrons. The number of carbonyl (C=O) groups excluding carboxylic acids is 2. The van der Waals surface area contributed by atoms with E-state index in [1.807, 2.05) is 73.7 Å². The molecular weight excluding hydrogens is 394 g/mol. The molecule has 0 fully saturated rings. The van der Waals surface area contributed by atoms with Crippen LogP contribution in [0.15, 0.2) is 84.2 Å². The van der Waals surface area contributed by atoms with E-state index < -0.39 is 5.97 Å². The van der Waals surface area contributed by atoms with Crippen LogP contribution in [-0.4, -0.2) is 23.3 Å². The number of nitrogens with zero attached hydrogens (tertiary/aromatic N) is 1. The van der Waals surface area contributed by atoms with Crippen LogP contribution >= 0.6 is 11.3 Å². The van der Waals surface area contributed by atoms with Crippen LogP contribution in [0.2, 0.25) is 0 Å². The summed E-state index contributed by atoms with van der Waals surface area (Å²) in [4.78, 5) is 29.0. The zero-order valence-corrected chi connectivity index (χ0v) is 17.2. The number of aromatic nitrogens is 1. The molecule has 4 aromatic rings. The van der Waals surface area contributed by atoms with E-state index in [4.69, 9.17) is 4.74 Å². The Hall–Kier alpha value is -3.57. The highest BCUT2D eigenvalue weighted by molar-refractivity contribution is 7.13. The first-order valence-electron chi connectivity index (χ1n) is 9.48. The number of esters is 1. The normalized spacial score (nSPS) is 10.6. The van der Waals surface area contributed by atoms with Gasteiger partial charge in [-0.05, 0) is 18.1 Å². The molecule has 0 saturated carbocycles. The van der Waals surface area contributed by atoms with Gasteiger partial charge in [-0.3, -0.25) is 4.79 Å². The van der Waals surface area contributed by atoms with Gasteiger partial charge in [0, 0.05) is 16.5 Å². The molecule has 5 heteroatoms. The lowest BCUT2D eigenvalue weighted by molar-refractivity contribution is 0.0470. The van der Waals surface area contributed by atoms with Crippen molar-refractivity contribution in [1.29, 1.82) is 0 Å². The van der Waals surface area contributed by atoms with Gasteiger partial charge in [0.1, 0.15) is 5.01 Å². The van der Waals surface area contributed by atoms with Gasteiger partial charge < -0.3 is 4.74 Å². The van der Waals surface area contributed by atoms with Crippen LogP contribution in [-0.2, 0) is 4.74 Å². The van der Waals surface area contributed by atoms with Gasteiger partial charge in [-0.25, -0.2) is 9.78 Å². The van der Waals surface area contributed by atoms with Crippen molar-refractivity contribution in [2.45, 2.75) is 6.92 Å². The van der Waals surface area contributed by atoms with Crippen molar-refractivity contribution < 1.29 is 14.3 Å². The molecular formula is C25H19NO3S. The predicted octanol–water partition coefficient (Wildman–Crippen LogP) is 5.83. The molecule has 0 atom stereocenters. The molecule has 1 aromatic heterocycles. The lowest BCUT2D eigenvalue weighted by Gasteiger charge is -2.05. The number of Topliss-reactive ketones (excluding diaryl/α,β-unsaturated/α-hetero) is 1. The van der Waals surface area contributed by atoms with Gasteiger partial charge in [-0.15, -0.1) is 11.3 Å². The Bertz CT molecular complexity index is 1160. The van der Waals surface area contributed by atoms with Crippen LogP contribution in [0.4, 0.5) is 0 Å². The second-order valence-corrected chi connectivity index (χ2v) is 7.70. The minimum absolute atomic E-state index is 0.211. The van der Waals surface area contributed by atoms with Crippen molar-refractivity contribution in [3.05, 3.63) is 101 Å². The molecule has 0 bridgehead atoms. The van der Waals surface area contributed by atoms with Crippen molar-refractivity contribution in [1.82, 2.24) is 4.98 Å². The van der Waals surface area contributed by atoms with Gasteiger partial charge in [-0.2, -0.15) is 0 Å². The third kappa shape index (κ3) is 4.53. The lowest BCUT2D eigenvalue weighted by atomic mass is 10.0. The highest BCUT2D eigenvalue weighted by atomic mass is 32.1. The van der Waals surface area contributed by atoms with E-state index in [1.54, 1.807) is 17.5 Å². The van der Waals surface area contributed by atoms with Gasteiger partial charge in [0.25, 0.3) is 0 Å². The fourth-order valence-corrected chi connectivity index (χ4v) is 3.76. The molecule has 0 aliphatic rings. The third-order valence-electron chi connectivity index (χ3n) is 4.66. The Balaban J connectivity index is 1.37. The van der Waals surface area contributed by atoms with Gasteiger partial charge in [0.05, 0.1) is 0 Å². The topological polar surface area (TPSA) is 56.3 Å². The largest absolute Gasteiger partial charge is 0.453 e.